The fraction of sp³-hybridized carbons (Fsp3) is 0.467. The van der Waals surface area contributed by atoms with E-state index in [0.717, 1.165) is 30.4 Å². The lowest BCUT2D eigenvalue weighted by molar-refractivity contribution is -0.0176. The molecule has 0 aromatic carbocycles. The van der Waals surface area contributed by atoms with Crippen molar-refractivity contribution >= 4 is 17.3 Å². The van der Waals surface area contributed by atoms with Crippen molar-refractivity contribution in [3.8, 4) is 0 Å². The number of aromatic nitrogens is 2. The Hall–Kier alpha value is -1.46. The highest BCUT2D eigenvalue weighted by atomic mass is 32.1. The molecule has 2 aromatic heterocycles. The Morgan fingerprint density at radius 2 is 2.00 bits per heavy atom. The zero-order valence-electron chi connectivity index (χ0n) is 12.0. The number of anilines is 1. The molecule has 0 N–H and O–H groups in total. The first-order valence-electron chi connectivity index (χ1n) is 6.86. The van der Waals surface area contributed by atoms with Gasteiger partial charge in [-0.05, 0) is 49.2 Å². The highest BCUT2D eigenvalue weighted by molar-refractivity contribution is 7.07. The maximum absolute atomic E-state index is 6.05. The second kappa shape index (κ2) is 5.50. The molecule has 3 heterocycles. The number of thiophene rings is 1. The van der Waals surface area contributed by atoms with Crippen molar-refractivity contribution in [2.45, 2.75) is 33.0 Å². The maximum atomic E-state index is 6.05. The van der Waals surface area contributed by atoms with E-state index in [4.69, 9.17) is 4.74 Å². The van der Waals surface area contributed by atoms with Gasteiger partial charge < -0.3 is 9.64 Å². The monoisotopic (exact) mass is 289 g/mol. The minimum absolute atomic E-state index is 0.106. The fourth-order valence-electron chi connectivity index (χ4n) is 2.61. The molecule has 5 heteroatoms. The lowest BCUT2D eigenvalue weighted by Crippen LogP contribution is -2.43. The molecule has 2 atom stereocenters. The van der Waals surface area contributed by atoms with Crippen molar-refractivity contribution < 1.29 is 4.74 Å². The average Bonchev–Trinajstić information content (AvgIpc) is 2.90. The van der Waals surface area contributed by atoms with Gasteiger partial charge in [0.05, 0.1) is 12.6 Å². The molecule has 1 fully saturated rings. The van der Waals surface area contributed by atoms with E-state index in [0.29, 0.717) is 0 Å². The van der Waals surface area contributed by atoms with Crippen LogP contribution in [0, 0.1) is 13.8 Å². The van der Waals surface area contributed by atoms with Crippen molar-refractivity contribution in [2.24, 2.45) is 0 Å². The Morgan fingerprint density at radius 1 is 1.25 bits per heavy atom. The smallest absolute Gasteiger partial charge is 0.225 e. The largest absolute Gasteiger partial charge is 0.367 e. The van der Waals surface area contributed by atoms with Gasteiger partial charge in [-0.2, -0.15) is 11.3 Å². The number of morpholine rings is 1. The number of nitrogens with zero attached hydrogens (tertiary/aromatic N) is 3. The first-order chi connectivity index (χ1) is 9.61. The summed E-state index contributed by atoms with van der Waals surface area (Å²) in [5.41, 5.74) is 3.27. The number of hydrogen-bond acceptors (Lipinski definition) is 5. The van der Waals surface area contributed by atoms with Gasteiger partial charge >= 0.3 is 0 Å². The SMILES string of the molecule is Cc1cc(C)nc(N2C[C@H](C)O[C@@H](c3ccsc3)C2)n1. The highest BCUT2D eigenvalue weighted by Crippen LogP contribution is 2.28. The average molecular weight is 289 g/mol. The molecule has 2 aromatic rings. The van der Waals surface area contributed by atoms with Crippen LogP contribution < -0.4 is 4.90 Å². The molecule has 106 valence electrons. The van der Waals surface area contributed by atoms with Crippen LogP contribution in [-0.2, 0) is 4.74 Å². The van der Waals surface area contributed by atoms with Crippen LogP contribution in [-0.4, -0.2) is 29.2 Å². The Balaban J connectivity index is 1.85. The third-order valence-electron chi connectivity index (χ3n) is 3.43. The van der Waals surface area contributed by atoms with E-state index in [1.165, 1.54) is 5.56 Å². The molecular formula is C15H19N3OS. The van der Waals surface area contributed by atoms with Crippen LogP contribution in [0.1, 0.15) is 30.0 Å². The molecule has 0 bridgehead atoms. The quantitative estimate of drug-likeness (QED) is 0.851. The molecule has 0 spiro atoms. The molecule has 3 rings (SSSR count). The molecule has 0 saturated carbocycles. The maximum Gasteiger partial charge on any atom is 0.225 e. The fourth-order valence-corrected chi connectivity index (χ4v) is 3.31. The Morgan fingerprint density at radius 3 is 2.65 bits per heavy atom. The van der Waals surface area contributed by atoms with Crippen LogP contribution in [0.4, 0.5) is 5.95 Å². The molecule has 0 amide bonds. The van der Waals surface area contributed by atoms with Gasteiger partial charge in [0.15, 0.2) is 0 Å². The van der Waals surface area contributed by atoms with E-state index in [1.807, 2.05) is 19.9 Å². The van der Waals surface area contributed by atoms with E-state index < -0.39 is 0 Å². The molecule has 1 aliphatic heterocycles. The number of hydrogen-bond donors (Lipinski definition) is 0. The molecule has 0 aliphatic carbocycles. The number of rotatable bonds is 2. The zero-order valence-corrected chi connectivity index (χ0v) is 12.9. The van der Waals surface area contributed by atoms with E-state index in [2.05, 4.69) is 38.6 Å². The van der Waals surface area contributed by atoms with Crippen molar-refractivity contribution in [3.05, 3.63) is 39.8 Å². The normalized spacial score (nSPS) is 23.1. The predicted octanol–water partition coefficient (Wildman–Crippen LogP) is 3.12. The first-order valence-corrected chi connectivity index (χ1v) is 7.81. The van der Waals surface area contributed by atoms with Crippen molar-refractivity contribution in [1.29, 1.82) is 0 Å². The number of ether oxygens (including phenoxy) is 1. The summed E-state index contributed by atoms with van der Waals surface area (Å²) in [7, 11) is 0. The van der Waals surface area contributed by atoms with E-state index >= 15 is 0 Å². The molecule has 1 saturated heterocycles. The lowest BCUT2D eigenvalue weighted by atomic mass is 10.1. The van der Waals surface area contributed by atoms with Gasteiger partial charge in [-0.1, -0.05) is 0 Å². The minimum Gasteiger partial charge on any atom is -0.367 e. The van der Waals surface area contributed by atoms with Crippen LogP contribution in [0.3, 0.4) is 0 Å². The van der Waals surface area contributed by atoms with Crippen LogP contribution in [0.15, 0.2) is 22.9 Å². The molecule has 1 aliphatic rings. The molecule has 0 radical (unpaired) electrons. The summed E-state index contributed by atoms with van der Waals surface area (Å²) in [5, 5.41) is 4.25. The summed E-state index contributed by atoms with van der Waals surface area (Å²) in [6, 6.07) is 4.14. The molecule has 20 heavy (non-hydrogen) atoms. The predicted molar refractivity (Wildman–Crippen MR) is 81.3 cm³/mol. The summed E-state index contributed by atoms with van der Waals surface area (Å²) < 4.78 is 6.05. The van der Waals surface area contributed by atoms with E-state index in [-0.39, 0.29) is 12.2 Å². The minimum atomic E-state index is 0.106. The van der Waals surface area contributed by atoms with Gasteiger partial charge in [-0.3, -0.25) is 0 Å². The van der Waals surface area contributed by atoms with Gasteiger partial charge in [-0.25, -0.2) is 9.97 Å². The second-order valence-corrected chi connectivity index (χ2v) is 6.13. The van der Waals surface area contributed by atoms with Crippen LogP contribution in [0.25, 0.3) is 0 Å². The summed E-state index contributed by atoms with van der Waals surface area (Å²) in [5.74, 6) is 0.817. The third-order valence-corrected chi connectivity index (χ3v) is 4.13. The van der Waals surface area contributed by atoms with Crippen molar-refractivity contribution in [1.82, 2.24) is 9.97 Å². The first kappa shape index (κ1) is 13.5. The van der Waals surface area contributed by atoms with E-state index in [1.54, 1.807) is 11.3 Å². The molecular weight excluding hydrogens is 270 g/mol. The molecule has 4 nitrogen and oxygen atoms in total. The highest BCUT2D eigenvalue weighted by Gasteiger charge is 2.28. The van der Waals surface area contributed by atoms with Crippen LogP contribution in [0.2, 0.25) is 0 Å². The topological polar surface area (TPSA) is 38.2 Å². The molecule has 0 unspecified atom stereocenters. The van der Waals surface area contributed by atoms with Gasteiger partial charge in [0.1, 0.15) is 6.10 Å². The van der Waals surface area contributed by atoms with Gasteiger partial charge in [0.25, 0.3) is 0 Å². The van der Waals surface area contributed by atoms with Crippen molar-refractivity contribution in [3.63, 3.8) is 0 Å². The number of aryl methyl sites for hydroxylation is 2. The lowest BCUT2D eigenvalue weighted by Gasteiger charge is -2.36. The summed E-state index contributed by atoms with van der Waals surface area (Å²) in [4.78, 5) is 11.4. The summed E-state index contributed by atoms with van der Waals surface area (Å²) in [6.07, 6.45) is 0.285. The standard InChI is InChI=1S/C15H19N3OS/c1-10-6-11(2)17-15(16-10)18-7-12(3)19-14(8-18)13-4-5-20-9-13/h4-6,9,12,14H,7-8H2,1-3H3/t12-,14+/m0/s1. The Kier molecular flexibility index (Phi) is 3.72. The summed E-state index contributed by atoms with van der Waals surface area (Å²) in [6.45, 7) is 7.78. The summed E-state index contributed by atoms with van der Waals surface area (Å²) >= 11 is 1.71. The van der Waals surface area contributed by atoms with Crippen LogP contribution in [0.5, 0.6) is 0 Å². The Labute approximate surface area is 123 Å². The third kappa shape index (κ3) is 2.83. The van der Waals surface area contributed by atoms with Gasteiger partial charge in [0.2, 0.25) is 5.95 Å². The Bertz CT molecular complexity index is 565. The van der Waals surface area contributed by atoms with Gasteiger partial charge in [0, 0.05) is 17.9 Å². The van der Waals surface area contributed by atoms with Crippen molar-refractivity contribution in [2.75, 3.05) is 18.0 Å². The van der Waals surface area contributed by atoms with Gasteiger partial charge in [-0.15, -0.1) is 0 Å². The second-order valence-electron chi connectivity index (χ2n) is 5.35. The zero-order chi connectivity index (χ0) is 14.1. The van der Waals surface area contributed by atoms with E-state index in [9.17, 15) is 0 Å². The van der Waals surface area contributed by atoms with Crippen LogP contribution >= 0.6 is 11.3 Å².